The Balaban J connectivity index is 2.79. The molecule has 1 rings (SSSR count). The van der Waals surface area contributed by atoms with Gasteiger partial charge in [0.25, 0.3) is 0 Å². The molecule has 0 radical (unpaired) electrons. The lowest BCUT2D eigenvalue weighted by molar-refractivity contribution is 0.415. The van der Waals surface area contributed by atoms with Gasteiger partial charge in [0.05, 0.1) is 13.7 Å². The maximum absolute atomic E-state index is 6.54. The first-order valence-electron chi connectivity index (χ1n) is 3.54. The molecule has 0 saturated heterocycles. The number of rotatable bonds is 2. The number of hydrogen-bond acceptors (Lipinski definition) is 1. The normalized spacial score (nSPS) is 9.67. The van der Waals surface area contributed by atoms with Crippen LogP contribution in [0.1, 0.15) is 5.56 Å². The molecule has 0 unspecified atom stereocenters. The lowest BCUT2D eigenvalue weighted by Gasteiger charge is -1.98. The lowest BCUT2D eigenvalue weighted by atomic mass is 10.2. The Labute approximate surface area is 71.9 Å². The molecule has 0 aromatic heterocycles. The molecule has 0 aliphatic carbocycles. The standard InChI is InChI=1S/C10H9NO/c1-11-8-7-9-3-5-10(12-2)6-4-9/h3-8H,2H3/b8-7-. The van der Waals surface area contributed by atoms with E-state index in [4.69, 9.17) is 11.3 Å². The van der Waals surface area contributed by atoms with Crippen molar-refractivity contribution in [3.05, 3.63) is 47.4 Å². The van der Waals surface area contributed by atoms with Gasteiger partial charge in [0.1, 0.15) is 5.75 Å². The molecule has 0 aliphatic rings. The highest BCUT2D eigenvalue weighted by Crippen LogP contribution is 2.11. The Bertz CT molecular complexity index is 306. The maximum atomic E-state index is 6.54. The van der Waals surface area contributed by atoms with Gasteiger partial charge in [0, 0.05) is 0 Å². The third kappa shape index (κ3) is 2.14. The van der Waals surface area contributed by atoms with Crippen LogP contribution in [-0.2, 0) is 0 Å². The zero-order chi connectivity index (χ0) is 8.81. The largest absolute Gasteiger partial charge is 0.497 e. The fraction of sp³-hybridized carbons (Fsp3) is 0.100. The molecule has 0 N–H and O–H groups in total. The predicted octanol–water partition coefficient (Wildman–Crippen LogP) is 2.59. The molecule has 12 heavy (non-hydrogen) atoms. The summed E-state index contributed by atoms with van der Waals surface area (Å²) in [5, 5.41) is 0. The van der Waals surface area contributed by atoms with E-state index < -0.39 is 0 Å². The minimum absolute atomic E-state index is 0.829. The van der Waals surface area contributed by atoms with Gasteiger partial charge in [-0.3, -0.25) is 0 Å². The summed E-state index contributed by atoms with van der Waals surface area (Å²) < 4.78 is 4.99. The smallest absolute Gasteiger partial charge is 0.154 e. The second-order valence-electron chi connectivity index (χ2n) is 2.22. The van der Waals surface area contributed by atoms with Crippen LogP contribution in [0.2, 0.25) is 0 Å². The third-order valence-corrected chi connectivity index (χ3v) is 1.46. The summed E-state index contributed by atoms with van der Waals surface area (Å²) in [4.78, 5) is 3.11. The molecule has 2 nitrogen and oxygen atoms in total. The van der Waals surface area contributed by atoms with E-state index in [0.717, 1.165) is 11.3 Å². The molecule has 0 fully saturated rings. The molecule has 0 amide bonds. The van der Waals surface area contributed by atoms with Crippen LogP contribution in [0.15, 0.2) is 30.5 Å². The zero-order valence-electron chi connectivity index (χ0n) is 6.82. The summed E-state index contributed by atoms with van der Waals surface area (Å²) in [6, 6.07) is 7.54. The van der Waals surface area contributed by atoms with Crippen molar-refractivity contribution in [1.82, 2.24) is 0 Å². The van der Waals surface area contributed by atoms with E-state index >= 15 is 0 Å². The Morgan fingerprint density at radius 3 is 2.50 bits per heavy atom. The van der Waals surface area contributed by atoms with E-state index in [2.05, 4.69) is 4.85 Å². The maximum Gasteiger partial charge on any atom is 0.154 e. The third-order valence-electron chi connectivity index (χ3n) is 1.46. The van der Waals surface area contributed by atoms with Gasteiger partial charge in [-0.25, -0.2) is 4.85 Å². The van der Waals surface area contributed by atoms with Gasteiger partial charge in [0.2, 0.25) is 0 Å². The molecule has 0 spiro atoms. The second-order valence-corrected chi connectivity index (χ2v) is 2.22. The average Bonchev–Trinajstić information content (AvgIpc) is 2.15. The van der Waals surface area contributed by atoms with Crippen LogP contribution in [0.3, 0.4) is 0 Å². The Morgan fingerprint density at radius 1 is 1.33 bits per heavy atom. The first-order chi connectivity index (χ1) is 5.86. The van der Waals surface area contributed by atoms with Crippen molar-refractivity contribution in [2.75, 3.05) is 7.11 Å². The van der Waals surface area contributed by atoms with Crippen molar-refractivity contribution >= 4 is 6.08 Å². The number of ether oxygens (including phenoxy) is 1. The topological polar surface area (TPSA) is 13.6 Å². The number of nitrogens with zero attached hydrogens (tertiary/aromatic N) is 1. The highest BCUT2D eigenvalue weighted by molar-refractivity contribution is 5.51. The van der Waals surface area contributed by atoms with Crippen molar-refractivity contribution in [3.8, 4) is 5.75 Å². The summed E-state index contributed by atoms with van der Waals surface area (Å²) in [6.07, 6.45) is 3.19. The van der Waals surface area contributed by atoms with Crippen LogP contribution >= 0.6 is 0 Å². The van der Waals surface area contributed by atoms with Crippen molar-refractivity contribution < 1.29 is 4.74 Å². The van der Waals surface area contributed by atoms with E-state index in [-0.39, 0.29) is 0 Å². The zero-order valence-corrected chi connectivity index (χ0v) is 6.82. The molecular formula is C10H9NO. The monoisotopic (exact) mass is 159 g/mol. The summed E-state index contributed by atoms with van der Waals surface area (Å²) in [7, 11) is 1.63. The number of benzene rings is 1. The highest BCUT2D eigenvalue weighted by atomic mass is 16.5. The van der Waals surface area contributed by atoms with Gasteiger partial charge >= 0.3 is 0 Å². The molecule has 2 heteroatoms. The highest BCUT2D eigenvalue weighted by Gasteiger charge is 1.88. The van der Waals surface area contributed by atoms with Crippen LogP contribution < -0.4 is 4.74 Å². The molecule has 0 aliphatic heterocycles. The van der Waals surface area contributed by atoms with E-state index in [9.17, 15) is 0 Å². The summed E-state index contributed by atoms with van der Waals surface area (Å²) in [6.45, 7) is 6.54. The SMILES string of the molecule is [C-]#[N+]/C=C\c1ccc(OC)cc1. The van der Waals surface area contributed by atoms with Gasteiger partial charge in [-0.05, 0) is 17.7 Å². The predicted molar refractivity (Wildman–Crippen MR) is 48.6 cm³/mol. The van der Waals surface area contributed by atoms with E-state index in [1.807, 2.05) is 24.3 Å². The molecule has 1 aromatic carbocycles. The van der Waals surface area contributed by atoms with Gasteiger partial charge in [0.15, 0.2) is 6.20 Å². The quantitative estimate of drug-likeness (QED) is 0.605. The van der Waals surface area contributed by atoms with E-state index in [0.29, 0.717) is 0 Å². The summed E-state index contributed by atoms with van der Waals surface area (Å²) in [5.41, 5.74) is 1.01. The second kappa shape index (κ2) is 4.20. The molecule has 0 saturated carbocycles. The molecule has 0 heterocycles. The van der Waals surface area contributed by atoms with Crippen LogP contribution in [0.4, 0.5) is 0 Å². The van der Waals surface area contributed by atoms with Crippen LogP contribution in [0, 0.1) is 6.57 Å². The first kappa shape index (κ1) is 8.35. The van der Waals surface area contributed by atoms with Gasteiger partial charge < -0.3 is 4.74 Å². The van der Waals surface area contributed by atoms with Gasteiger partial charge in [-0.2, -0.15) is 0 Å². The summed E-state index contributed by atoms with van der Waals surface area (Å²) >= 11 is 0. The average molecular weight is 159 g/mol. The van der Waals surface area contributed by atoms with Crippen LogP contribution in [-0.4, -0.2) is 7.11 Å². The number of methoxy groups -OCH3 is 1. The Hall–Kier alpha value is -1.75. The first-order valence-corrected chi connectivity index (χ1v) is 3.54. The molecule has 0 bridgehead atoms. The molecule has 0 atom stereocenters. The van der Waals surface area contributed by atoms with E-state index in [1.165, 1.54) is 6.20 Å². The van der Waals surface area contributed by atoms with E-state index in [1.54, 1.807) is 13.2 Å². The van der Waals surface area contributed by atoms with Gasteiger partial charge in [-0.1, -0.05) is 18.2 Å². The lowest BCUT2D eigenvalue weighted by Crippen LogP contribution is -1.80. The van der Waals surface area contributed by atoms with Gasteiger partial charge in [-0.15, -0.1) is 0 Å². The minimum Gasteiger partial charge on any atom is -0.497 e. The fourth-order valence-corrected chi connectivity index (χ4v) is 0.838. The minimum atomic E-state index is 0.829. The van der Waals surface area contributed by atoms with Crippen molar-refractivity contribution in [3.63, 3.8) is 0 Å². The molecule has 60 valence electrons. The molecular weight excluding hydrogens is 150 g/mol. The fourth-order valence-electron chi connectivity index (χ4n) is 0.838. The van der Waals surface area contributed by atoms with Crippen molar-refractivity contribution in [2.24, 2.45) is 0 Å². The number of hydrogen-bond donors (Lipinski definition) is 0. The van der Waals surface area contributed by atoms with Crippen molar-refractivity contribution in [1.29, 1.82) is 0 Å². The molecule has 1 aromatic rings. The van der Waals surface area contributed by atoms with Crippen molar-refractivity contribution in [2.45, 2.75) is 0 Å². The Kier molecular flexibility index (Phi) is 2.92. The Morgan fingerprint density at radius 2 is 2.00 bits per heavy atom. The van der Waals surface area contributed by atoms with Crippen LogP contribution in [0.5, 0.6) is 5.75 Å². The summed E-state index contributed by atoms with van der Waals surface area (Å²) in [5.74, 6) is 0.829. The van der Waals surface area contributed by atoms with Crippen LogP contribution in [0.25, 0.3) is 10.9 Å².